The van der Waals surface area contributed by atoms with E-state index in [1.807, 2.05) is 42.8 Å². The third-order valence-corrected chi connectivity index (χ3v) is 5.11. The molecule has 7 heteroatoms. The highest BCUT2D eigenvalue weighted by molar-refractivity contribution is 5.72. The molecule has 4 aromatic rings. The Balaban J connectivity index is 1.65. The summed E-state index contributed by atoms with van der Waals surface area (Å²) in [6.07, 6.45) is 4.39. The van der Waals surface area contributed by atoms with E-state index in [2.05, 4.69) is 52.8 Å². The van der Waals surface area contributed by atoms with Gasteiger partial charge in [0.1, 0.15) is 6.33 Å². The average Bonchev–Trinajstić information content (AvgIpc) is 3.38. The van der Waals surface area contributed by atoms with Gasteiger partial charge in [0.05, 0.1) is 12.2 Å². The van der Waals surface area contributed by atoms with Crippen LogP contribution in [-0.2, 0) is 13.0 Å². The maximum Gasteiger partial charge on any atom is 0.328 e. The Labute approximate surface area is 169 Å². The molecule has 0 spiro atoms. The Bertz CT molecular complexity index is 1150. The van der Waals surface area contributed by atoms with Crippen LogP contribution in [0.1, 0.15) is 38.1 Å². The molecule has 0 radical (unpaired) electrons. The molecule has 7 nitrogen and oxygen atoms in total. The van der Waals surface area contributed by atoms with Gasteiger partial charge in [-0.3, -0.25) is 9.13 Å². The lowest BCUT2D eigenvalue weighted by molar-refractivity contribution is 0.560. The first kappa shape index (κ1) is 18.9. The molecule has 0 bridgehead atoms. The third-order valence-electron chi connectivity index (χ3n) is 5.11. The van der Waals surface area contributed by atoms with E-state index in [0.717, 1.165) is 34.5 Å². The molecule has 29 heavy (non-hydrogen) atoms. The molecule has 2 aromatic heterocycles. The number of aromatic nitrogens is 6. The van der Waals surface area contributed by atoms with Crippen molar-refractivity contribution in [3.8, 4) is 16.8 Å². The summed E-state index contributed by atoms with van der Waals surface area (Å²) in [5.41, 5.74) is 5.23. The first-order chi connectivity index (χ1) is 14.1. The Morgan fingerprint density at radius 1 is 1.03 bits per heavy atom. The summed E-state index contributed by atoms with van der Waals surface area (Å²) in [6.45, 7) is 6.70. The number of hydrogen-bond acceptors (Lipinski definition) is 4. The normalized spacial score (nSPS) is 11.3. The molecule has 0 aliphatic rings. The second kappa shape index (κ2) is 7.87. The first-order valence-corrected chi connectivity index (χ1v) is 9.80. The Kier molecular flexibility index (Phi) is 5.12. The van der Waals surface area contributed by atoms with Crippen molar-refractivity contribution < 1.29 is 0 Å². The number of hydrogen-bond donors (Lipinski definition) is 0. The largest absolute Gasteiger partial charge is 0.328 e. The summed E-state index contributed by atoms with van der Waals surface area (Å²) in [5.74, 6) is 0. The van der Waals surface area contributed by atoms with Crippen LogP contribution in [0.25, 0.3) is 16.8 Å². The fourth-order valence-corrected chi connectivity index (χ4v) is 3.53. The molecule has 2 heterocycles. The quantitative estimate of drug-likeness (QED) is 0.507. The van der Waals surface area contributed by atoms with Gasteiger partial charge in [0, 0.05) is 23.5 Å². The lowest BCUT2D eigenvalue weighted by Gasteiger charge is -2.10. The van der Waals surface area contributed by atoms with Gasteiger partial charge in [-0.1, -0.05) is 49.4 Å². The number of para-hydroxylation sites is 1. The average molecular weight is 388 g/mol. The van der Waals surface area contributed by atoms with Crippen molar-refractivity contribution in [3.05, 3.63) is 82.8 Å². The topological polar surface area (TPSA) is 70.5 Å². The molecule has 2 aromatic carbocycles. The van der Waals surface area contributed by atoms with Crippen LogP contribution in [0.3, 0.4) is 0 Å². The van der Waals surface area contributed by atoms with Crippen molar-refractivity contribution in [3.63, 3.8) is 0 Å². The van der Waals surface area contributed by atoms with Crippen molar-refractivity contribution in [2.45, 2.75) is 39.8 Å². The van der Waals surface area contributed by atoms with Crippen LogP contribution in [0, 0.1) is 0 Å². The summed E-state index contributed by atoms with van der Waals surface area (Å²) < 4.78 is 5.32. The van der Waals surface area contributed by atoms with Crippen molar-refractivity contribution >= 4 is 0 Å². The summed E-state index contributed by atoms with van der Waals surface area (Å²) in [7, 11) is 0. The fraction of sp³-hybridized carbons (Fsp3) is 0.273. The number of benzene rings is 2. The summed E-state index contributed by atoms with van der Waals surface area (Å²) in [5, 5.41) is 11.5. The van der Waals surface area contributed by atoms with E-state index >= 15 is 0 Å². The van der Waals surface area contributed by atoms with Crippen LogP contribution in [-0.4, -0.2) is 29.3 Å². The Morgan fingerprint density at radius 2 is 1.79 bits per heavy atom. The van der Waals surface area contributed by atoms with Crippen molar-refractivity contribution in [1.29, 1.82) is 0 Å². The smallest absolute Gasteiger partial charge is 0.296 e. The van der Waals surface area contributed by atoms with E-state index in [4.69, 9.17) is 0 Å². The molecule has 0 unspecified atom stereocenters. The zero-order chi connectivity index (χ0) is 20.4. The molecule has 0 saturated heterocycles. The maximum absolute atomic E-state index is 12.8. The van der Waals surface area contributed by atoms with E-state index < -0.39 is 0 Å². The molecule has 0 aliphatic heterocycles. The maximum atomic E-state index is 12.8. The van der Waals surface area contributed by atoms with Gasteiger partial charge < -0.3 is 0 Å². The van der Waals surface area contributed by atoms with Gasteiger partial charge in [-0.2, -0.15) is 4.68 Å². The van der Waals surface area contributed by atoms with E-state index in [-0.39, 0.29) is 11.7 Å². The monoisotopic (exact) mass is 388 g/mol. The first-order valence-electron chi connectivity index (χ1n) is 9.80. The van der Waals surface area contributed by atoms with Crippen LogP contribution in [0.5, 0.6) is 0 Å². The van der Waals surface area contributed by atoms with Gasteiger partial charge in [-0.15, -0.1) is 5.10 Å². The van der Waals surface area contributed by atoms with Crippen molar-refractivity contribution in [2.75, 3.05) is 0 Å². The minimum Gasteiger partial charge on any atom is -0.296 e. The van der Waals surface area contributed by atoms with E-state index in [0.29, 0.717) is 6.54 Å². The van der Waals surface area contributed by atoms with E-state index in [1.54, 1.807) is 15.6 Å². The van der Waals surface area contributed by atoms with Gasteiger partial charge in [-0.25, -0.2) is 4.79 Å². The lowest BCUT2D eigenvalue weighted by atomic mass is 10.0. The van der Waals surface area contributed by atoms with Gasteiger partial charge in [0.2, 0.25) is 0 Å². The Hall–Kier alpha value is -3.48. The molecular weight excluding hydrogens is 364 g/mol. The van der Waals surface area contributed by atoms with E-state index in [9.17, 15) is 4.79 Å². The van der Waals surface area contributed by atoms with Crippen LogP contribution < -0.4 is 5.69 Å². The molecule has 4 rings (SSSR count). The number of imidazole rings is 1. The minimum absolute atomic E-state index is 0.0463. The summed E-state index contributed by atoms with van der Waals surface area (Å²) in [4.78, 5) is 12.8. The highest BCUT2D eigenvalue weighted by Crippen LogP contribution is 2.26. The predicted molar refractivity (Wildman–Crippen MR) is 112 cm³/mol. The number of tetrazole rings is 1. The zero-order valence-corrected chi connectivity index (χ0v) is 16.9. The molecule has 0 amide bonds. The van der Waals surface area contributed by atoms with Gasteiger partial charge in [0.25, 0.3) is 0 Å². The fourth-order valence-electron chi connectivity index (χ4n) is 3.53. The van der Waals surface area contributed by atoms with Crippen molar-refractivity contribution in [2.24, 2.45) is 0 Å². The van der Waals surface area contributed by atoms with Crippen LogP contribution in [0.15, 0.2) is 65.8 Å². The van der Waals surface area contributed by atoms with Gasteiger partial charge >= 0.3 is 5.69 Å². The van der Waals surface area contributed by atoms with Crippen LogP contribution in [0.2, 0.25) is 0 Å². The number of nitrogens with zero attached hydrogens (tertiary/aromatic N) is 6. The summed E-state index contributed by atoms with van der Waals surface area (Å²) in [6, 6.07) is 16.5. The molecule has 0 N–H and O–H groups in total. The van der Waals surface area contributed by atoms with Crippen LogP contribution >= 0.6 is 0 Å². The van der Waals surface area contributed by atoms with Crippen molar-refractivity contribution in [1.82, 2.24) is 29.3 Å². The molecule has 0 fully saturated rings. The highest BCUT2D eigenvalue weighted by Gasteiger charge is 2.13. The Morgan fingerprint density at radius 3 is 2.45 bits per heavy atom. The highest BCUT2D eigenvalue weighted by atomic mass is 16.1. The van der Waals surface area contributed by atoms with E-state index in [1.165, 1.54) is 0 Å². The molecule has 148 valence electrons. The predicted octanol–water partition coefficient (Wildman–Crippen LogP) is 3.48. The number of rotatable bonds is 6. The third kappa shape index (κ3) is 3.63. The van der Waals surface area contributed by atoms with Crippen LogP contribution in [0.4, 0.5) is 0 Å². The van der Waals surface area contributed by atoms with Gasteiger partial charge in [0.15, 0.2) is 0 Å². The molecule has 0 aliphatic carbocycles. The SMILES string of the molecule is CCc1cn(C(C)C)c(=O)n1Cc1ccc(-c2ccccc2-n2cnnn2)cc1. The minimum atomic E-state index is 0.0463. The molecule has 0 atom stereocenters. The zero-order valence-electron chi connectivity index (χ0n) is 16.9. The number of aryl methyl sites for hydroxylation is 1. The standard InChI is InChI=1S/C22H24N6O/c1-4-19-14-26(16(2)3)22(29)27(19)13-17-9-11-18(12-10-17)20-7-5-6-8-21(20)28-15-23-24-25-28/h5-12,14-16H,4,13H2,1-3H3. The second-order valence-corrected chi connectivity index (χ2v) is 7.31. The second-order valence-electron chi connectivity index (χ2n) is 7.31. The molecular formula is C22H24N6O. The lowest BCUT2D eigenvalue weighted by Crippen LogP contribution is -2.26. The van der Waals surface area contributed by atoms with Gasteiger partial charge in [-0.05, 0) is 47.9 Å². The molecule has 0 saturated carbocycles. The summed E-state index contributed by atoms with van der Waals surface area (Å²) >= 11 is 0.